The maximum Gasteiger partial charge on any atom is 0.224 e. The van der Waals surface area contributed by atoms with Crippen molar-refractivity contribution in [3.63, 3.8) is 0 Å². The van der Waals surface area contributed by atoms with Gasteiger partial charge in [0.25, 0.3) is 0 Å². The summed E-state index contributed by atoms with van der Waals surface area (Å²) in [5, 5.41) is 13.4. The molecule has 1 fully saturated rings. The van der Waals surface area contributed by atoms with Gasteiger partial charge in [-0.1, -0.05) is 42.5 Å². The molecular weight excluding hydrogens is 409 g/mol. The van der Waals surface area contributed by atoms with Gasteiger partial charge in [-0.3, -0.25) is 4.79 Å². The van der Waals surface area contributed by atoms with Crippen LogP contribution in [0.25, 0.3) is 0 Å². The van der Waals surface area contributed by atoms with Crippen LogP contribution in [0.2, 0.25) is 0 Å². The van der Waals surface area contributed by atoms with Gasteiger partial charge in [0.15, 0.2) is 0 Å². The Bertz CT molecular complexity index is 721. The summed E-state index contributed by atoms with van der Waals surface area (Å²) in [5.74, 6) is 0.562. The lowest BCUT2D eigenvalue weighted by molar-refractivity contribution is -0.120. The monoisotopic (exact) mass is 439 g/mol. The van der Waals surface area contributed by atoms with Gasteiger partial charge in [-0.2, -0.15) is 0 Å². The number of nitrogens with one attached hydrogen (secondary N) is 1. The first-order valence-electron chi connectivity index (χ1n) is 9.66. The van der Waals surface area contributed by atoms with Crippen LogP contribution in [0, 0.1) is 5.92 Å². The van der Waals surface area contributed by atoms with Gasteiger partial charge in [0.05, 0.1) is 12.5 Å². The van der Waals surface area contributed by atoms with Crippen LogP contribution in [-0.2, 0) is 11.2 Å². The fourth-order valence-electron chi connectivity index (χ4n) is 3.54. The molecule has 1 unspecified atom stereocenters. The Morgan fingerprint density at radius 1 is 1.07 bits per heavy atom. The molecule has 2 aromatic carbocycles. The summed E-state index contributed by atoms with van der Waals surface area (Å²) in [6.45, 7) is 3.31. The van der Waals surface area contributed by atoms with E-state index in [0.717, 1.165) is 43.6 Å². The van der Waals surface area contributed by atoms with Crippen molar-refractivity contribution >= 4 is 36.4 Å². The Hall–Kier alpha value is -1.79. The molecule has 1 heterocycles. The van der Waals surface area contributed by atoms with Gasteiger partial charge in [0.2, 0.25) is 5.91 Å². The largest absolute Gasteiger partial charge is 0.399 e. The molecular formula is C22H31Cl2N3O2. The first-order valence-corrected chi connectivity index (χ1v) is 9.66. The van der Waals surface area contributed by atoms with E-state index in [4.69, 9.17) is 5.73 Å². The normalized spacial score (nSPS) is 15.6. The van der Waals surface area contributed by atoms with Crippen molar-refractivity contribution in [1.82, 2.24) is 10.2 Å². The Balaban J connectivity index is 0.00000210. The summed E-state index contributed by atoms with van der Waals surface area (Å²) < 4.78 is 0. The molecule has 3 rings (SSSR count). The summed E-state index contributed by atoms with van der Waals surface area (Å²) in [6.07, 6.45) is 2.04. The van der Waals surface area contributed by atoms with Crippen molar-refractivity contribution in [3.05, 3.63) is 65.7 Å². The first kappa shape index (κ1) is 25.2. The Morgan fingerprint density at radius 3 is 2.31 bits per heavy atom. The van der Waals surface area contributed by atoms with Crippen molar-refractivity contribution in [2.45, 2.75) is 25.4 Å². The van der Waals surface area contributed by atoms with Gasteiger partial charge in [-0.25, -0.2) is 0 Å². The second kappa shape index (κ2) is 12.7. The van der Waals surface area contributed by atoms with E-state index in [-0.39, 0.29) is 30.7 Å². The van der Waals surface area contributed by atoms with Gasteiger partial charge in [0, 0.05) is 18.8 Å². The van der Waals surface area contributed by atoms with Gasteiger partial charge >= 0.3 is 0 Å². The topological polar surface area (TPSA) is 78.6 Å². The summed E-state index contributed by atoms with van der Waals surface area (Å²) in [5.41, 5.74) is 8.32. The molecule has 4 N–H and O–H groups in total. The molecule has 5 nitrogen and oxygen atoms in total. The number of hydrogen-bond donors (Lipinski definition) is 3. The fraction of sp³-hybridized carbons (Fsp3) is 0.409. The number of rotatable bonds is 7. The Labute approximate surface area is 185 Å². The summed E-state index contributed by atoms with van der Waals surface area (Å²) in [4.78, 5) is 14.4. The van der Waals surface area contributed by atoms with Crippen molar-refractivity contribution in [3.8, 4) is 0 Å². The maximum atomic E-state index is 12.1. The molecule has 160 valence electrons. The number of amides is 1. The molecule has 7 heteroatoms. The number of carbonyl (C=O) groups is 1. The van der Waals surface area contributed by atoms with Crippen LogP contribution < -0.4 is 11.1 Å². The Morgan fingerprint density at radius 2 is 1.69 bits per heavy atom. The smallest absolute Gasteiger partial charge is 0.224 e. The highest BCUT2D eigenvalue weighted by atomic mass is 35.5. The van der Waals surface area contributed by atoms with E-state index in [1.807, 2.05) is 54.6 Å². The third-order valence-electron chi connectivity index (χ3n) is 5.25. The number of aliphatic hydroxyl groups excluding tert-OH is 1. The van der Waals surface area contributed by atoms with Gasteiger partial charge < -0.3 is 21.1 Å². The summed E-state index contributed by atoms with van der Waals surface area (Å²) in [6, 6.07) is 17.2. The number of nitrogens with zero attached hydrogens (tertiary/aromatic N) is 1. The van der Waals surface area contributed by atoms with E-state index in [1.54, 1.807) is 0 Å². The van der Waals surface area contributed by atoms with Crippen molar-refractivity contribution < 1.29 is 9.90 Å². The molecule has 0 spiro atoms. The van der Waals surface area contributed by atoms with Crippen LogP contribution in [-0.4, -0.2) is 42.1 Å². The number of anilines is 1. The molecule has 1 aliphatic heterocycles. The standard InChI is InChI=1S/C22H29N3O2.2ClH/c23-20-8-6-17(7-9-20)14-22(27)24-15-18-10-12-25(13-11-18)16-21(26)19-4-2-1-3-5-19;;/h1-9,18,21,26H,10-16,23H2,(H,24,27);2*1H. The number of aliphatic hydroxyl groups is 1. The van der Waals surface area contributed by atoms with Crippen LogP contribution in [0.15, 0.2) is 54.6 Å². The van der Waals surface area contributed by atoms with Crippen molar-refractivity contribution in [2.75, 3.05) is 31.9 Å². The molecule has 0 saturated carbocycles. The molecule has 1 aliphatic rings. The van der Waals surface area contributed by atoms with Crippen molar-refractivity contribution in [1.29, 1.82) is 0 Å². The SMILES string of the molecule is Cl.Cl.Nc1ccc(CC(=O)NCC2CCN(CC(O)c3ccccc3)CC2)cc1. The molecule has 29 heavy (non-hydrogen) atoms. The van der Waals surface area contributed by atoms with Crippen LogP contribution in [0.5, 0.6) is 0 Å². The van der Waals surface area contributed by atoms with Crippen LogP contribution >= 0.6 is 24.8 Å². The number of nitrogen functional groups attached to an aromatic ring is 1. The number of halogens is 2. The van der Waals surface area contributed by atoms with Gasteiger partial charge in [-0.05, 0) is 55.1 Å². The predicted octanol–water partition coefficient (Wildman–Crippen LogP) is 3.22. The average molecular weight is 440 g/mol. The number of hydrogen-bond acceptors (Lipinski definition) is 4. The average Bonchev–Trinajstić information content (AvgIpc) is 2.70. The number of benzene rings is 2. The second-order valence-electron chi connectivity index (χ2n) is 7.39. The summed E-state index contributed by atoms with van der Waals surface area (Å²) in [7, 11) is 0. The highest BCUT2D eigenvalue weighted by Crippen LogP contribution is 2.20. The second-order valence-corrected chi connectivity index (χ2v) is 7.39. The molecule has 1 amide bonds. The molecule has 1 atom stereocenters. The van der Waals surface area contributed by atoms with E-state index in [2.05, 4.69) is 10.2 Å². The molecule has 0 aliphatic carbocycles. The van der Waals surface area contributed by atoms with E-state index in [9.17, 15) is 9.90 Å². The number of nitrogens with two attached hydrogens (primary N) is 1. The number of likely N-dealkylation sites (tertiary alicyclic amines) is 1. The van der Waals surface area contributed by atoms with E-state index < -0.39 is 6.10 Å². The number of piperidine rings is 1. The first-order chi connectivity index (χ1) is 13.1. The number of carbonyl (C=O) groups excluding carboxylic acids is 1. The van der Waals surface area contributed by atoms with Gasteiger partial charge in [-0.15, -0.1) is 24.8 Å². The van der Waals surface area contributed by atoms with Crippen LogP contribution in [0.3, 0.4) is 0 Å². The van der Waals surface area contributed by atoms with Crippen LogP contribution in [0.1, 0.15) is 30.1 Å². The van der Waals surface area contributed by atoms with Gasteiger partial charge in [0.1, 0.15) is 0 Å². The van der Waals surface area contributed by atoms with Crippen LogP contribution in [0.4, 0.5) is 5.69 Å². The number of β-amino-alcohol motifs (C(OH)–C–C–N with tert-alkyl or cyclic N) is 1. The fourth-order valence-corrected chi connectivity index (χ4v) is 3.54. The highest BCUT2D eigenvalue weighted by Gasteiger charge is 2.22. The molecule has 0 radical (unpaired) electrons. The lowest BCUT2D eigenvalue weighted by atomic mass is 9.96. The molecule has 2 aromatic rings. The Kier molecular flexibility index (Phi) is 11.1. The lowest BCUT2D eigenvalue weighted by Crippen LogP contribution is -2.40. The summed E-state index contributed by atoms with van der Waals surface area (Å²) >= 11 is 0. The predicted molar refractivity (Wildman–Crippen MR) is 123 cm³/mol. The highest BCUT2D eigenvalue weighted by molar-refractivity contribution is 5.85. The zero-order chi connectivity index (χ0) is 19.1. The maximum absolute atomic E-state index is 12.1. The van der Waals surface area contributed by atoms with E-state index in [0.29, 0.717) is 24.6 Å². The van der Waals surface area contributed by atoms with Crippen molar-refractivity contribution in [2.24, 2.45) is 5.92 Å². The third-order valence-corrected chi connectivity index (χ3v) is 5.25. The minimum atomic E-state index is -0.442. The van der Waals surface area contributed by atoms with E-state index >= 15 is 0 Å². The quantitative estimate of drug-likeness (QED) is 0.578. The molecule has 0 bridgehead atoms. The van der Waals surface area contributed by atoms with E-state index in [1.165, 1.54) is 0 Å². The third kappa shape index (κ3) is 8.23. The lowest BCUT2D eigenvalue weighted by Gasteiger charge is -2.33. The zero-order valence-corrected chi connectivity index (χ0v) is 18.1. The minimum Gasteiger partial charge on any atom is -0.399 e. The minimum absolute atomic E-state index is 0. The zero-order valence-electron chi connectivity index (χ0n) is 16.5. The molecule has 1 saturated heterocycles. The molecule has 0 aromatic heterocycles.